The molecule has 2 heterocycles. The Hall–Kier alpha value is -3.93. The van der Waals surface area contributed by atoms with Crippen LogP contribution in [-0.4, -0.2) is 63.4 Å². The molecule has 0 bridgehead atoms. The van der Waals surface area contributed by atoms with Gasteiger partial charge in [-0.25, -0.2) is 13.2 Å². The molecule has 0 fully saturated rings. The summed E-state index contributed by atoms with van der Waals surface area (Å²) in [5, 5.41) is 3.36. The van der Waals surface area contributed by atoms with E-state index >= 15 is 0 Å². The Morgan fingerprint density at radius 1 is 1.03 bits per heavy atom. The third-order valence-corrected chi connectivity index (χ3v) is 7.80. The van der Waals surface area contributed by atoms with Gasteiger partial charge in [-0.3, -0.25) is 19.1 Å². The van der Waals surface area contributed by atoms with Crippen LogP contribution in [0, 0.1) is 0 Å². The van der Waals surface area contributed by atoms with Crippen molar-refractivity contribution < 1.29 is 17.6 Å². The number of hydrogen-bond donors (Lipinski definition) is 2. The number of likely N-dealkylation sites (N-methyl/N-ethyl adjacent to an activating group) is 1. The van der Waals surface area contributed by atoms with Crippen LogP contribution in [0.4, 0.5) is 17.1 Å². The standard InChI is InChI=1S/C27H26ClN5O5S/c1-32(2)12-13-33(39(3,36)37)19-8-6-18(7-9-19)29-25(16-4-11-21-23(14-16)38-27(35)31-21)24-20-10-5-17(28)15-22(20)30-26(24)34/h4-11,14-15,24H,12-13H2,1-3H3,(H,30,34)(H,31,35). The lowest BCUT2D eigenvalue weighted by atomic mass is 9.90. The van der Waals surface area contributed by atoms with Gasteiger partial charge in [-0.15, -0.1) is 0 Å². The number of oxazole rings is 1. The van der Waals surface area contributed by atoms with Crippen LogP contribution in [-0.2, 0) is 14.8 Å². The van der Waals surface area contributed by atoms with Gasteiger partial charge in [0.1, 0.15) is 5.92 Å². The highest BCUT2D eigenvalue weighted by Gasteiger charge is 2.35. The monoisotopic (exact) mass is 567 g/mol. The summed E-state index contributed by atoms with van der Waals surface area (Å²) in [5.74, 6) is -1.61. The summed E-state index contributed by atoms with van der Waals surface area (Å²) in [6.45, 7) is 0.846. The van der Waals surface area contributed by atoms with Crippen molar-refractivity contribution in [3.05, 3.63) is 87.4 Å². The molecule has 0 aliphatic carbocycles. The highest BCUT2D eigenvalue weighted by atomic mass is 35.5. The molecule has 0 spiro atoms. The van der Waals surface area contributed by atoms with E-state index < -0.39 is 21.7 Å². The zero-order chi connectivity index (χ0) is 27.9. The van der Waals surface area contributed by atoms with E-state index in [9.17, 15) is 18.0 Å². The fourth-order valence-electron chi connectivity index (χ4n) is 4.52. The maximum absolute atomic E-state index is 13.2. The van der Waals surface area contributed by atoms with E-state index in [1.165, 1.54) is 10.6 Å². The Kier molecular flexibility index (Phi) is 7.06. The molecule has 0 saturated heterocycles. The topological polar surface area (TPSA) is 128 Å². The SMILES string of the molecule is CN(C)CCN(c1ccc(N=C(c2ccc3[nH]c(=O)oc3c2)C2C(=O)Nc3cc(Cl)ccc32)cc1)S(C)(=O)=O. The van der Waals surface area contributed by atoms with Crippen molar-refractivity contribution in [2.24, 2.45) is 4.99 Å². The van der Waals surface area contributed by atoms with Gasteiger partial charge in [0, 0.05) is 29.4 Å². The third kappa shape index (κ3) is 5.60. The lowest BCUT2D eigenvalue weighted by Crippen LogP contribution is -2.35. The number of aromatic nitrogens is 1. The number of hydrogen-bond acceptors (Lipinski definition) is 7. The zero-order valence-electron chi connectivity index (χ0n) is 21.4. The van der Waals surface area contributed by atoms with E-state index in [1.54, 1.807) is 60.7 Å². The van der Waals surface area contributed by atoms with Gasteiger partial charge in [0.2, 0.25) is 15.9 Å². The number of H-pyrrole nitrogens is 1. The molecule has 202 valence electrons. The first-order valence-electron chi connectivity index (χ1n) is 12.0. The summed E-state index contributed by atoms with van der Waals surface area (Å²) in [7, 11) is 0.252. The number of nitrogens with zero attached hydrogens (tertiary/aromatic N) is 3. The van der Waals surface area contributed by atoms with Crippen LogP contribution >= 0.6 is 11.6 Å². The minimum Gasteiger partial charge on any atom is -0.408 e. The fraction of sp³-hybridized carbons (Fsp3) is 0.222. The number of nitrogens with one attached hydrogen (secondary N) is 2. The first kappa shape index (κ1) is 26.7. The molecule has 1 aliphatic heterocycles. The molecule has 1 atom stereocenters. The van der Waals surface area contributed by atoms with Crippen LogP contribution in [0.25, 0.3) is 11.1 Å². The predicted molar refractivity (Wildman–Crippen MR) is 153 cm³/mol. The molecule has 1 amide bonds. The van der Waals surface area contributed by atoms with Crippen LogP contribution < -0.4 is 15.4 Å². The molecule has 1 aliphatic rings. The van der Waals surface area contributed by atoms with Crippen molar-refractivity contribution in [1.29, 1.82) is 0 Å². The summed E-state index contributed by atoms with van der Waals surface area (Å²) < 4.78 is 31.5. The van der Waals surface area contributed by atoms with Crippen molar-refractivity contribution >= 4 is 61.4 Å². The predicted octanol–water partition coefficient (Wildman–Crippen LogP) is 3.96. The number of aromatic amines is 1. The highest BCUT2D eigenvalue weighted by molar-refractivity contribution is 7.92. The van der Waals surface area contributed by atoms with Gasteiger partial charge in [-0.05, 0) is 68.2 Å². The van der Waals surface area contributed by atoms with Gasteiger partial charge in [0.05, 0.1) is 28.9 Å². The average molecular weight is 568 g/mol. The van der Waals surface area contributed by atoms with Crippen LogP contribution in [0.5, 0.6) is 0 Å². The molecule has 39 heavy (non-hydrogen) atoms. The Morgan fingerprint density at radius 3 is 2.46 bits per heavy atom. The number of halogens is 1. The van der Waals surface area contributed by atoms with Gasteiger partial charge in [-0.2, -0.15) is 0 Å². The van der Waals surface area contributed by atoms with Crippen LogP contribution in [0.2, 0.25) is 5.02 Å². The van der Waals surface area contributed by atoms with Crippen molar-refractivity contribution in [3.8, 4) is 0 Å². The quantitative estimate of drug-likeness (QED) is 0.310. The number of sulfonamides is 1. The van der Waals surface area contributed by atoms with E-state index in [4.69, 9.17) is 21.0 Å². The molecular formula is C27H26ClN5O5S. The number of rotatable bonds is 8. The molecule has 0 saturated carbocycles. The summed E-state index contributed by atoms with van der Waals surface area (Å²) in [6.07, 6.45) is 1.17. The summed E-state index contributed by atoms with van der Waals surface area (Å²) >= 11 is 6.15. The average Bonchev–Trinajstić information content (AvgIpc) is 3.39. The van der Waals surface area contributed by atoms with Crippen LogP contribution in [0.15, 0.2) is 74.9 Å². The Labute approximate surface area is 230 Å². The van der Waals surface area contributed by atoms with Gasteiger partial charge < -0.3 is 14.6 Å². The largest absolute Gasteiger partial charge is 0.417 e. The summed E-state index contributed by atoms with van der Waals surface area (Å²) in [6, 6.07) is 17.1. The van der Waals surface area contributed by atoms with Crippen LogP contribution in [0.1, 0.15) is 17.0 Å². The molecule has 1 unspecified atom stereocenters. The number of carbonyl (C=O) groups is 1. The van der Waals surface area contributed by atoms with E-state index in [1.807, 2.05) is 19.0 Å². The molecule has 1 aromatic heterocycles. The number of aliphatic imine (C=N–C) groups is 1. The van der Waals surface area contributed by atoms with E-state index in [2.05, 4.69) is 10.3 Å². The van der Waals surface area contributed by atoms with E-state index in [0.717, 1.165) is 0 Å². The minimum absolute atomic E-state index is 0.273. The number of carbonyl (C=O) groups excluding carboxylic acids is 1. The summed E-state index contributed by atoms with van der Waals surface area (Å²) in [4.78, 5) is 34.3. The molecular weight excluding hydrogens is 542 g/mol. The minimum atomic E-state index is -3.50. The first-order chi connectivity index (χ1) is 18.5. The van der Waals surface area contributed by atoms with Crippen molar-refractivity contribution in [1.82, 2.24) is 9.88 Å². The van der Waals surface area contributed by atoms with E-state index in [-0.39, 0.29) is 5.91 Å². The number of fused-ring (bicyclic) bond motifs is 2. The second-order valence-electron chi connectivity index (χ2n) is 9.53. The maximum Gasteiger partial charge on any atom is 0.417 e. The number of amides is 1. The van der Waals surface area contributed by atoms with Crippen molar-refractivity contribution in [3.63, 3.8) is 0 Å². The Balaban J connectivity index is 1.59. The van der Waals surface area contributed by atoms with Gasteiger partial charge in [-0.1, -0.05) is 23.7 Å². The lowest BCUT2D eigenvalue weighted by molar-refractivity contribution is -0.115. The molecule has 0 radical (unpaired) electrons. The van der Waals surface area contributed by atoms with E-state index in [0.29, 0.717) is 63.1 Å². The first-order valence-corrected chi connectivity index (χ1v) is 14.3. The molecule has 10 nitrogen and oxygen atoms in total. The van der Waals surface area contributed by atoms with Crippen LogP contribution in [0.3, 0.4) is 0 Å². The second kappa shape index (κ2) is 10.3. The van der Waals surface area contributed by atoms with Crippen molar-refractivity contribution in [2.75, 3.05) is 43.1 Å². The third-order valence-electron chi connectivity index (χ3n) is 6.37. The van der Waals surface area contributed by atoms with Gasteiger partial charge in [0.25, 0.3) is 0 Å². The van der Waals surface area contributed by atoms with Gasteiger partial charge in [0.15, 0.2) is 5.58 Å². The number of anilines is 2. The molecule has 3 aromatic carbocycles. The van der Waals surface area contributed by atoms with Crippen molar-refractivity contribution in [2.45, 2.75) is 5.92 Å². The highest BCUT2D eigenvalue weighted by Crippen LogP contribution is 2.38. The molecule has 2 N–H and O–H groups in total. The lowest BCUT2D eigenvalue weighted by Gasteiger charge is -2.24. The fourth-order valence-corrected chi connectivity index (χ4v) is 5.61. The molecule has 5 rings (SSSR count). The zero-order valence-corrected chi connectivity index (χ0v) is 23.0. The molecule has 4 aromatic rings. The summed E-state index contributed by atoms with van der Waals surface area (Å²) in [5.41, 5.74) is 4.20. The maximum atomic E-state index is 13.2. The Morgan fingerprint density at radius 2 is 1.77 bits per heavy atom. The molecule has 12 heteroatoms. The Bertz CT molecular complexity index is 1760. The number of benzene rings is 3. The smallest absolute Gasteiger partial charge is 0.408 e. The second-order valence-corrected chi connectivity index (χ2v) is 11.9. The normalized spacial score (nSPS) is 15.6. The van der Waals surface area contributed by atoms with Gasteiger partial charge >= 0.3 is 5.76 Å².